The molecule has 178 valence electrons. The normalized spacial score (nSPS) is 14.2. The minimum Gasteiger partial charge on any atom is -0.494 e. The molecule has 1 aliphatic rings. The Morgan fingerprint density at radius 2 is 1.88 bits per heavy atom. The molecule has 1 saturated heterocycles. The Bertz CT molecular complexity index is 1110. The van der Waals surface area contributed by atoms with Crippen LogP contribution in [0.25, 0.3) is 10.2 Å². The number of halogens is 1. The van der Waals surface area contributed by atoms with Crippen LogP contribution in [0.15, 0.2) is 30.3 Å². The number of fused-ring (bicyclic) bond motifs is 1. The Morgan fingerprint density at radius 3 is 2.61 bits per heavy atom. The van der Waals surface area contributed by atoms with Crippen molar-refractivity contribution in [2.24, 2.45) is 0 Å². The monoisotopic (exact) mass is 489 g/mol. The standard InChI is InChI=1S/C25H31N3O3S.ClH/c1-17-6-7-18(2)20(16-17)24(29)28(11-5-10-27-12-14-31-15-13-27)25-26-22-21(30-4)9-8-19(3)23(22)32-25;/h6-9,16H,5,10-15H2,1-4H3;1H. The predicted molar refractivity (Wildman–Crippen MR) is 138 cm³/mol. The summed E-state index contributed by atoms with van der Waals surface area (Å²) in [6.45, 7) is 11.1. The van der Waals surface area contributed by atoms with Crippen LogP contribution in [-0.4, -0.2) is 62.3 Å². The number of benzene rings is 2. The van der Waals surface area contributed by atoms with E-state index in [-0.39, 0.29) is 18.3 Å². The van der Waals surface area contributed by atoms with Gasteiger partial charge in [-0.05, 0) is 50.5 Å². The van der Waals surface area contributed by atoms with Gasteiger partial charge in [-0.2, -0.15) is 0 Å². The van der Waals surface area contributed by atoms with E-state index in [2.05, 4.69) is 11.8 Å². The molecule has 2 aromatic carbocycles. The second-order valence-corrected chi connectivity index (χ2v) is 9.32. The van der Waals surface area contributed by atoms with Crippen LogP contribution in [0.4, 0.5) is 5.13 Å². The van der Waals surface area contributed by atoms with E-state index in [1.165, 1.54) is 0 Å². The molecular weight excluding hydrogens is 458 g/mol. The highest BCUT2D eigenvalue weighted by Gasteiger charge is 2.24. The molecule has 8 heteroatoms. The molecule has 0 saturated carbocycles. The number of methoxy groups -OCH3 is 1. The summed E-state index contributed by atoms with van der Waals surface area (Å²) in [7, 11) is 1.66. The highest BCUT2D eigenvalue weighted by Crippen LogP contribution is 2.37. The van der Waals surface area contributed by atoms with Crippen LogP contribution in [0.3, 0.4) is 0 Å². The lowest BCUT2D eigenvalue weighted by atomic mass is 10.0. The molecule has 0 bridgehead atoms. The topological polar surface area (TPSA) is 54.9 Å². The number of carbonyl (C=O) groups excluding carboxylic acids is 1. The third-order valence-electron chi connectivity index (χ3n) is 5.97. The van der Waals surface area contributed by atoms with Crippen LogP contribution in [-0.2, 0) is 4.74 Å². The average Bonchev–Trinajstić information content (AvgIpc) is 3.25. The number of amides is 1. The summed E-state index contributed by atoms with van der Waals surface area (Å²) < 4.78 is 12.1. The first-order valence-electron chi connectivity index (χ1n) is 11.1. The van der Waals surface area contributed by atoms with Crippen molar-refractivity contribution in [1.29, 1.82) is 0 Å². The van der Waals surface area contributed by atoms with Crippen molar-refractivity contribution in [1.82, 2.24) is 9.88 Å². The van der Waals surface area contributed by atoms with Gasteiger partial charge in [0.1, 0.15) is 11.3 Å². The highest BCUT2D eigenvalue weighted by atomic mass is 35.5. The molecule has 6 nitrogen and oxygen atoms in total. The number of rotatable bonds is 7. The summed E-state index contributed by atoms with van der Waals surface area (Å²) in [5.41, 5.74) is 4.75. The molecule has 1 fully saturated rings. The van der Waals surface area contributed by atoms with E-state index >= 15 is 0 Å². The fraction of sp³-hybridized carbons (Fsp3) is 0.440. The van der Waals surface area contributed by atoms with E-state index in [9.17, 15) is 4.79 Å². The molecule has 0 unspecified atom stereocenters. The van der Waals surface area contributed by atoms with Crippen molar-refractivity contribution in [3.8, 4) is 5.75 Å². The van der Waals surface area contributed by atoms with Crippen molar-refractivity contribution < 1.29 is 14.3 Å². The number of hydrogen-bond acceptors (Lipinski definition) is 6. The van der Waals surface area contributed by atoms with Crippen LogP contribution in [0.2, 0.25) is 0 Å². The minimum absolute atomic E-state index is 0. The number of nitrogens with zero attached hydrogens (tertiary/aromatic N) is 3. The zero-order valence-electron chi connectivity index (χ0n) is 19.7. The van der Waals surface area contributed by atoms with Gasteiger partial charge in [0.15, 0.2) is 5.13 Å². The number of hydrogen-bond donors (Lipinski definition) is 0. The molecule has 0 atom stereocenters. The smallest absolute Gasteiger partial charge is 0.260 e. The van der Waals surface area contributed by atoms with E-state index in [4.69, 9.17) is 14.5 Å². The molecule has 0 aliphatic carbocycles. The fourth-order valence-corrected chi connectivity index (χ4v) is 5.13. The zero-order valence-corrected chi connectivity index (χ0v) is 21.4. The van der Waals surface area contributed by atoms with Gasteiger partial charge in [0.25, 0.3) is 5.91 Å². The van der Waals surface area contributed by atoms with Gasteiger partial charge in [-0.3, -0.25) is 14.6 Å². The van der Waals surface area contributed by atoms with Crippen molar-refractivity contribution in [3.05, 3.63) is 52.6 Å². The summed E-state index contributed by atoms with van der Waals surface area (Å²) in [6, 6.07) is 10.0. The lowest BCUT2D eigenvalue weighted by Gasteiger charge is -2.28. The van der Waals surface area contributed by atoms with Crippen LogP contribution in [0.1, 0.15) is 33.5 Å². The SMILES string of the molecule is COc1ccc(C)c2sc(N(CCCN3CCOCC3)C(=O)c3cc(C)ccc3C)nc12.Cl. The Balaban J connectivity index is 0.00000306. The first kappa shape index (κ1) is 25.4. The first-order valence-corrected chi connectivity index (χ1v) is 11.9. The lowest BCUT2D eigenvalue weighted by Crippen LogP contribution is -2.39. The van der Waals surface area contributed by atoms with Gasteiger partial charge in [-0.1, -0.05) is 35.1 Å². The fourth-order valence-electron chi connectivity index (χ4n) is 4.05. The second-order valence-electron chi connectivity index (χ2n) is 8.34. The van der Waals surface area contributed by atoms with Crippen molar-refractivity contribution >= 4 is 45.0 Å². The van der Waals surface area contributed by atoms with E-state index in [1.807, 2.05) is 49.1 Å². The molecule has 1 aliphatic heterocycles. The van der Waals surface area contributed by atoms with Crippen LogP contribution in [0, 0.1) is 20.8 Å². The maximum Gasteiger partial charge on any atom is 0.260 e. The summed E-state index contributed by atoms with van der Waals surface area (Å²) in [5.74, 6) is 0.740. The summed E-state index contributed by atoms with van der Waals surface area (Å²) in [6.07, 6.45) is 0.878. The second kappa shape index (κ2) is 11.3. The van der Waals surface area contributed by atoms with E-state index in [1.54, 1.807) is 18.4 Å². The Morgan fingerprint density at radius 1 is 1.15 bits per heavy atom. The van der Waals surface area contributed by atoms with Gasteiger partial charge in [0.2, 0.25) is 0 Å². The molecule has 1 aromatic heterocycles. The number of morpholine rings is 1. The molecule has 3 aromatic rings. The number of aromatic nitrogens is 1. The van der Waals surface area contributed by atoms with Gasteiger partial charge in [-0.15, -0.1) is 12.4 Å². The first-order chi connectivity index (χ1) is 15.5. The third-order valence-corrected chi connectivity index (χ3v) is 7.19. The number of thiazole rings is 1. The zero-order chi connectivity index (χ0) is 22.7. The molecule has 0 N–H and O–H groups in total. The summed E-state index contributed by atoms with van der Waals surface area (Å²) >= 11 is 1.56. The number of carbonyl (C=O) groups is 1. The van der Waals surface area contributed by atoms with Crippen LogP contribution < -0.4 is 9.64 Å². The molecule has 33 heavy (non-hydrogen) atoms. The number of anilines is 1. The van der Waals surface area contributed by atoms with Crippen molar-refractivity contribution in [3.63, 3.8) is 0 Å². The Kier molecular flexibility index (Phi) is 8.70. The maximum absolute atomic E-state index is 13.7. The molecule has 4 rings (SSSR count). The highest BCUT2D eigenvalue weighted by molar-refractivity contribution is 7.22. The Labute approximate surface area is 205 Å². The quantitative estimate of drug-likeness (QED) is 0.466. The van der Waals surface area contributed by atoms with Crippen LogP contribution >= 0.6 is 23.7 Å². The van der Waals surface area contributed by atoms with Gasteiger partial charge in [0.05, 0.1) is 25.0 Å². The van der Waals surface area contributed by atoms with Crippen molar-refractivity contribution in [2.75, 3.05) is 51.4 Å². The molecular formula is C25H32ClN3O3S. The minimum atomic E-state index is 0. The molecule has 2 heterocycles. The molecule has 1 amide bonds. The maximum atomic E-state index is 13.7. The summed E-state index contributed by atoms with van der Waals surface area (Å²) in [5, 5.41) is 0.723. The molecule has 0 radical (unpaired) electrons. The van der Waals surface area contributed by atoms with E-state index < -0.39 is 0 Å². The lowest BCUT2D eigenvalue weighted by molar-refractivity contribution is 0.0376. The third kappa shape index (κ3) is 5.66. The Hall–Kier alpha value is -2.19. The number of ether oxygens (including phenoxy) is 2. The average molecular weight is 490 g/mol. The van der Waals surface area contributed by atoms with E-state index in [0.717, 1.165) is 82.6 Å². The molecule has 0 spiro atoms. The predicted octanol–water partition coefficient (Wildman–Crippen LogP) is 5.02. The van der Waals surface area contributed by atoms with Gasteiger partial charge < -0.3 is 9.47 Å². The van der Waals surface area contributed by atoms with Crippen LogP contribution in [0.5, 0.6) is 5.75 Å². The van der Waals surface area contributed by atoms with Crippen molar-refractivity contribution in [2.45, 2.75) is 27.2 Å². The van der Waals surface area contributed by atoms with Gasteiger partial charge in [-0.25, -0.2) is 4.98 Å². The van der Waals surface area contributed by atoms with E-state index in [0.29, 0.717) is 6.54 Å². The summed E-state index contributed by atoms with van der Waals surface area (Å²) in [4.78, 5) is 22.9. The largest absolute Gasteiger partial charge is 0.494 e. The number of aryl methyl sites for hydroxylation is 3. The van der Waals surface area contributed by atoms with Gasteiger partial charge >= 0.3 is 0 Å². The van der Waals surface area contributed by atoms with Gasteiger partial charge in [0, 0.05) is 31.7 Å².